The Balaban J connectivity index is 1.26. The third-order valence-electron chi connectivity index (χ3n) is 9.08. The van der Waals surface area contributed by atoms with E-state index in [0.29, 0.717) is 6.42 Å². The van der Waals surface area contributed by atoms with E-state index in [1.165, 1.54) is 29.8 Å². The van der Waals surface area contributed by atoms with Gasteiger partial charge in [-0.3, -0.25) is 9.69 Å². The summed E-state index contributed by atoms with van der Waals surface area (Å²) in [5.41, 5.74) is 4.57. The predicted molar refractivity (Wildman–Crippen MR) is 151 cm³/mol. The lowest BCUT2D eigenvalue weighted by molar-refractivity contribution is -0.187. The van der Waals surface area contributed by atoms with Crippen LogP contribution in [0.25, 0.3) is 17.0 Å². The second-order valence-electron chi connectivity index (χ2n) is 11.1. The van der Waals surface area contributed by atoms with Crippen molar-refractivity contribution in [2.45, 2.75) is 37.5 Å². The fraction of sp³-hybridized carbons (Fsp3) is 0.438. The number of piperidine rings is 1. The first-order valence-corrected chi connectivity index (χ1v) is 14.0. The second-order valence-corrected chi connectivity index (χ2v) is 11.1. The minimum Gasteiger partial charge on any atom is -0.497 e. The number of hydrogen-bond donors (Lipinski definition) is 1. The molecule has 0 spiro atoms. The Labute approximate surface area is 234 Å². The number of esters is 2. The Morgan fingerprint density at radius 1 is 1.05 bits per heavy atom. The molecule has 2 aromatic carbocycles. The molecule has 1 saturated heterocycles. The van der Waals surface area contributed by atoms with Crippen molar-refractivity contribution >= 4 is 28.9 Å². The van der Waals surface area contributed by atoms with Crippen LogP contribution in [0.15, 0.2) is 54.6 Å². The molecule has 0 amide bonds. The Hall–Kier alpha value is -3.62. The number of benzene rings is 2. The van der Waals surface area contributed by atoms with Crippen molar-refractivity contribution in [3.05, 3.63) is 71.4 Å². The Bertz CT molecular complexity index is 1420. The minimum absolute atomic E-state index is 0.0420. The largest absolute Gasteiger partial charge is 0.497 e. The van der Waals surface area contributed by atoms with E-state index >= 15 is 0 Å². The summed E-state index contributed by atoms with van der Waals surface area (Å²) >= 11 is 0. The highest BCUT2D eigenvalue weighted by molar-refractivity contribution is 5.87. The molecule has 1 aromatic heterocycles. The quantitative estimate of drug-likeness (QED) is 0.360. The number of aromatic amines is 1. The molecule has 6 rings (SSSR count). The van der Waals surface area contributed by atoms with Crippen LogP contribution in [0.2, 0.25) is 0 Å². The normalized spacial score (nSPS) is 28.0. The number of fused-ring (bicyclic) bond motifs is 6. The molecule has 3 heterocycles. The number of carbonyl (C=O) groups is 2. The second kappa shape index (κ2) is 11.1. The van der Waals surface area contributed by atoms with Crippen LogP contribution in [0, 0.1) is 17.8 Å². The van der Waals surface area contributed by atoms with Gasteiger partial charge in [0.25, 0.3) is 0 Å². The van der Waals surface area contributed by atoms with Crippen molar-refractivity contribution in [1.29, 1.82) is 0 Å². The standard InChI is InChI=1S/C32H36N2O6/c1-37-21-10-11-22-23-13-14-34-18-20-15-27(40-28(35)12-9-19-7-5-4-6-8-19)31(38-2)29(32(36)39-3)24(20)17-26(34)30(23)33-25(22)16-21/h4-12,16,20,24,26-27,29,31,33H,13-15,17-18H2,1-3H3/t20-,24+,26-,27-,29+,31+/m1/s1. The molecule has 6 atom stereocenters. The van der Waals surface area contributed by atoms with Crippen LogP contribution < -0.4 is 4.74 Å². The zero-order valence-corrected chi connectivity index (χ0v) is 23.2. The Morgan fingerprint density at radius 2 is 1.88 bits per heavy atom. The van der Waals surface area contributed by atoms with E-state index in [2.05, 4.69) is 16.0 Å². The predicted octanol–water partition coefficient (Wildman–Crippen LogP) is 4.54. The van der Waals surface area contributed by atoms with Gasteiger partial charge in [-0.15, -0.1) is 0 Å². The first kappa shape index (κ1) is 26.6. The van der Waals surface area contributed by atoms with Gasteiger partial charge in [-0.2, -0.15) is 0 Å². The monoisotopic (exact) mass is 544 g/mol. The van der Waals surface area contributed by atoms with Crippen LogP contribution in [0.4, 0.5) is 0 Å². The molecule has 0 bridgehead atoms. The molecule has 2 fully saturated rings. The SMILES string of the molecule is COC(=O)[C@H]1[C@H]2C[C@@H]3c4[nH]c5cc(OC)ccc5c4CCN3C[C@H]2C[C@@H](OC(=O)C=Cc2ccccc2)[C@@H]1OC. The number of methoxy groups -OCH3 is 3. The number of carbonyl (C=O) groups excluding carboxylic acids is 2. The summed E-state index contributed by atoms with van der Waals surface area (Å²) in [6, 6.07) is 16.0. The Kier molecular flexibility index (Phi) is 7.38. The van der Waals surface area contributed by atoms with Gasteiger partial charge < -0.3 is 23.9 Å². The van der Waals surface area contributed by atoms with Gasteiger partial charge in [0, 0.05) is 48.9 Å². The molecule has 2 aliphatic heterocycles. The molecule has 3 aromatic rings. The van der Waals surface area contributed by atoms with Gasteiger partial charge in [-0.05, 0) is 60.4 Å². The molecule has 1 saturated carbocycles. The van der Waals surface area contributed by atoms with Crippen molar-refractivity contribution in [2.75, 3.05) is 34.4 Å². The number of hydrogen-bond acceptors (Lipinski definition) is 7. The number of H-pyrrole nitrogens is 1. The lowest BCUT2D eigenvalue weighted by atomic mass is 9.63. The lowest BCUT2D eigenvalue weighted by Gasteiger charge is -2.52. The van der Waals surface area contributed by atoms with Gasteiger partial charge in [-0.1, -0.05) is 30.3 Å². The number of aromatic nitrogens is 1. The number of nitrogens with one attached hydrogen (secondary N) is 1. The molecule has 1 N–H and O–H groups in total. The van der Waals surface area contributed by atoms with E-state index in [1.54, 1.807) is 20.3 Å². The summed E-state index contributed by atoms with van der Waals surface area (Å²) in [5, 5.41) is 1.23. The summed E-state index contributed by atoms with van der Waals surface area (Å²) < 4.78 is 22.6. The maximum atomic E-state index is 13.3. The zero-order chi connectivity index (χ0) is 27.8. The van der Waals surface area contributed by atoms with E-state index in [-0.39, 0.29) is 23.8 Å². The number of ether oxygens (including phenoxy) is 4. The van der Waals surface area contributed by atoms with Crippen LogP contribution in [-0.2, 0) is 30.2 Å². The lowest BCUT2D eigenvalue weighted by Crippen LogP contribution is -2.58. The van der Waals surface area contributed by atoms with Crippen molar-refractivity contribution in [3.63, 3.8) is 0 Å². The Morgan fingerprint density at radius 3 is 2.62 bits per heavy atom. The van der Waals surface area contributed by atoms with E-state index < -0.39 is 24.1 Å². The average molecular weight is 545 g/mol. The molecular formula is C32H36N2O6. The first-order chi connectivity index (χ1) is 19.5. The maximum Gasteiger partial charge on any atom is 0.331 e. The topological polar surface area (TPSA) is 90.1 Å². The highest BCUT2D eigenvalue weighted by atomic mass is 16.6. The number of rotatable bonds is 6. The summed E-state index contributed by atoms with van der Waals surface area (Å²) in [7, 11) is 4.68. The summed E-state index contributed by atoms with van der Waals surface area (Å²) in [6.45, 7) is 1.77. The van der Waals surface area contributed by atoms with Gasteiger partial charge in [0.1, 0.15) is 18.0 Å². The van der Waals surface area contributed by atoms with Crippen LogP contribution in [0.3, 0.4) is 0 Å². The van der Waals surface area contributed by atoms with Crippen molar-refractivity contribution < 1.29 is 28.5 Å². The van der Waals surface area contributed by atoms with Gasteiger partial charge >= 0.3 is 11.9 Å². The summed E-state index contributed by atoms with van der Waals surface area (Å²) in [5.74, 6) is -0.237. The van der Waals surface area contributed by atoms with Crippen LogP contribution in [-0.4, -0.2) is 68.4 Å². The maximum absolute atomic E-state index is 13.3. The van der Waals surface area contributed by atoms with E-state index in [9.17, 15) is 9.59 Å². The van der Waals surface area contributed by atoms with Gasteiger partial charge in [0.05, 0.1) is 26.2 Å². The van der Waals surface area contributed by atoms with Crippen molar-refractivity contribution in [1.82, 2.24) is 9.88 Å². The zero-order valence-electron chi connectivity index (χ0n) is 23.2. The summed E-state index contributed by atoms with van der Waals surface area (Å²) in [4.78, 5) is 32.3. The number of nitrogens with zero attached hydrogens (tertiary/aromatic N) is 1. The molecule has 0 unspecified atom stereocenters. The minimum atomic E-state index is -0.579. The third kappa shape index (κ3) is 4.80. The fourth-order valence-corrected chi connectivity index (χ4v) is 7.27. The third-order valence-corrected chi connectivity index (χ3v) is 9.08. The van der Waals surface area contributed by atoms with Gasteiger partial charge in [-0.25, -0.2) is 4.79 Å². The highest BCUT2D eigenvalue weighted by Gasteiger charge is 2.54. The molecule has 40 heavy (non-hydrogen) atoms. The van der Waals surface area contributed by atoms with Crippen molar-refractivity contribution in [3.8, 4) is 5.75 Å². The summed E-state index contributed by atoms with van der Waals surface area (Å²) in [6.07, 6.45) is 4.46. The van der Waals surface area contributed by atoms with E-state index in [1.807, 2.05) is 42.5 Å². The molecule has 8 heteroatoms. The van der Waals surface area contributed by atoms with Crippen molar-refractivity contribution in [2.24, 2.45) is 17.8 Å². The molecule has 8 nitrogen and oxygen atoms in total. The van der Waals surface area contributed by atoms with E-state index in [4.69, 9.17) is 18.9 Å². The van der Waals surface area contributed by atoms with Crippen LogP contribution in [0.1, 0.15) is 35.7 Å². The average Bonchev–Trinajstić information content (AvgIpc) is 3.36. The molecular weight excluding hydrogens is 508 g/mol. The van der Waals surface area contributed by atoms with Gasteiger partial charge in [0.2, 0.25) is 0 Å². The van der Waals surface area contributed by atoms with E-state index in [0.717, 1.165) is 42.8 Å². The smallest absolute Gasteiger partial charge is 0.331 e. The van der Waals surface area contributed by atoms with Crippen LogP contribution >= 0.6 is 0 Å². The van der Waals surface area contributed by atoms with Gasteiger partial charge in [0.15, 0.2) is 0 Å². The molecule has 1 aliphatic carbocycles. The molecule has 0 radical (unpaired) electrons. The van der Waals surface area contributed by atoms with Crippen LogP contribution in [0.5, 0.6) is 5.75 Å². The highest BCUT2D eigenvalue weighted by Crippen LogP contribution is 2.50. The molecule has 210 valence electrons. The molecule has 3 aliphatic rings. The fourth-order valence-electron chi connectivity index (χ4n) is 7.27. The first-order valence-electron chi connectivity index (χ1n) is 14.0.